The molecule has 0 atom stereocenters. The highest BCUT2D eigenvalue weighted by Gasteiger charge is 2.26. The molecule has 0 saturated heterocycles. The number of nitrogens with zero attached hydrogens (tertiary/aromatic N) is 2. The van der Waals surface area contributed by atoms with Crippen molar-refractivity contribution >= 4 is 45.9 Å². The summed E-state index contributed by atoms with van der Waals surface area (Å²) in [6, 6.07) is 6.24. The molecule has 2 aromatic heterocycles. The van der Waals surface area contributed by atoms with Crippen molar-refractivity contribution in [2.24, 2.45) is 5.92 Å². The summed E-state index contributed by atoms with van der Waals surface area (Å²) in [6.45, 7) is 4.63. The molecular weight excluding hydrogens is 463 g/mol. The summed E-state index contributed by atoms with van der Waals surface area (Å²) in [5.41, 5.74) is 1.85. The number of methoxy groups -OCH3 is 2. The smallest absolute Gasteiger partial charge is 0.356 e. The molecule has 0 aliphatic carbocycles. The number of anilines is 2. The predicted octanol–water partition coefficient (Wildman–Crippen LogP) is 4.86. The molecule has 0 aliphatic heterocycles. The molecule has 0 radical (unpaired) electrons. The average Bonchev–Trinajstić information content (AvgIpc) is 3.08. The van der Waals surface area contributed by atoms with Gasteiger partial charge in [0, 0.05) is 42.6 Å². The third kappa shape index (κ3) is 5.66. The van der Waals surface area contributed by atoms with Crippen molar-refractivity contribution in [2.75, 3.05) is 31.5 Å². The lowest BCUT2D eigenvalue weighted by Gasteiger charge is -2.11. The van der Waals surface area contributed by atoms with Crippen LogP contribution in [-0.2, 0) is 27.4 Å². The van der Waals surface area contributed by atoms with Gasteiger partial charge in [-0.15, -0.1) is 0 Å². The Morgan fingerprint density at radius 1 is 1.26 bits per heavy atom. The molecule has 0 bridgehead atoms. The maximum absolute atomic E-state index is 14.2. The minimum Gasteiger partial charge on any atom is -0.464 e. The van der Waals surface area contributed by atoms with E-state index in [2.05, 4.69) is 15.6 Å². The first-order valence-electron chi connectivity index (χ1n) is 10.8. The zero-order valence-electron chi connectivity index (χ0n) is 19.6. The molecule has 10 heteroatoms. The SMILES string of the molecule is COCCn1c(C(=O)OC)c(NC(=O)CC(C)C)c2cc(NCc3c(F)cccc3Cl)cnc21. The van der Waals surface area contributed by atoms with Crippen LogP contribution in [0, 0.1) is 11.7 Å². The van der Waals surface area contributed by atoms with E-state index in [1.807, 2.05) is 13.8 Å². The molecular formula is C24H28ClFN4O4. The van der Waals surface area contributed by atoms with Gasteiger partial charge in [0.25, 0.3) is 0 Å². The van der Waals surface area contributed by atoms with Crippen LogP contribution in [0.1, 0.15) is 36.3 Å². The molecule has 3 rings (SSSR count). The molecule has 0 saturated carbocycles. The van der Waals surface area contributed by atoms with E-state index < -0.39 is 11.8 Å². The quantitative estimate of drug-likeness (QED) is 0.394. The molecule has 2 N–H and O–H groups in total. The van der Waals surface area contributed by atoms with Gasteiger partial charge < -0.3 is 24.7 Å². The highest BCUT2D eigenvalue weighted by molar-refractivity contribution is 6.31. The summed E-state index contributed by atoms with van der Waals surface area (Å²) < 4.78 is 26.0. The average molecular weight is 491 g/mol. The van der Waals surface area contributed by atoms with Crippen LogP contribution in [0.2, 0.25) is 5.02 Å². The first-order chi connectivity index (χ1) is 16.3. The summed E-state index contributed by atoms with van der Waals surface area (Å²) in [5, 5.41) is 6.83. The van der Waals surface area contributed by atoms with Crippen molar-refractivity contribution in [3.8, 4) is 0 Å². The zero-order valence-corrected chi connectivity index (χ0v) is 20.3. The topological polar surface area (TPSA) is 94.5 Å². The van der Waals surface area contributed by atoms with E-state index in [0.717, 1.165) is 0 Å². The summed E-state index contributed by atoms with van der Waals surface area (Å²) in [4.78, 5) is 29.9. The molecule has 34 heavy (non-hydrogen) atoms. The first-order valence-corrected chi connectivity index (χ1v) is 11.2. The van der Waals surface area contributed by atoms with Crippen LogP contribution in [0.4, 0.5) is 15.8 Å². The molecule has 8 nitrogen and oxygen atoms in total. The second-order valence-electron chi connectivity index (χ2n) is 8.15. The Labute approximate surface area is 202 Å². The maximum atomic E-state index is 14.2. The van der Waals surface area contributed by atoms with Crippen molar-refractivity contribution in [1.29, 1.82) is 0 Å². The Balaban J connectivity index is 2.07. The number of ether oxygens (including phenoxy) is 2. The van der Waals surface area contributed by atoms with Crippen molar-refractivity contribution in [2.45, 2.75) is 33.4 Å². The monoisotopic (exact) mass is 490 g/mol. The van der Waals surface area contributed by atoms with Crippen LogP contribution >= 0.6 is 11.6 Å². The third-order valence-corrected chi connectivity index (χ3v) is 5.54. The largest absolute Gasteiger partial charge is 0.464 e. The van der Waals surface area contributed by atoms with E-state index in [1.54, 1.807) is 30.0 Å². The normalized spacial score (nSPS) is 11.1. The number of fused-ring (bicyclic) bond motifs is 1. The van der Waals surface area contributed by atoms with E-state index in [-0.39, 0.29) is 30.5 Å². The van der Waals surface area contributed by atoms with E-state index in [0.29, 0.717) is 46.1 Å². The van der Waals surface area contributed by atoms with Gasteiger partial charge in [0.05, 0.1) is 31.3 Å². The van der Waals surface area contributed by atoms with E-state index in [4.69, 9.17) is 21.1 Å². The van der Waals surface area contributed by atoms with Crippen molar-refractivity contribution in [3.63, 3.8) is 0 Å². The molecule has 182 valence electrons. The van der Waals surface area contributed by atoms with Gasteiger partial charge in [-0.2, -0.15) is 0 Å². The van der Waals surface area contributed by atoms with Crippen molar-refractivity contribution in [1.82, 2.24) is 9.55 Å². The van der Waals surface area contributed by atoms with Gasteiger partial charge in [0.1, 0.15) is 11.5 Å². The fourth-order valence-electron chi connectivity index (χ4n) is 3.61. The second kappa shape index (κ2) is 11.3. The molecule has 0 aliphatic rings. The Kier molecular flexibility index (Phi) is 8.46. The number of aromatic nitrogens is 2. The van der Waals surface area contributed by atoms with E-state index >= 15 is 0 Å². The van der Waals surface area contributed by atoms with Crippen LogP contribution in [0.3, 0.4) is 0 Å². The number of pyridine rings is 1. The highest BCUT2D eigenvalue weighted by atomic mass is 35.5. The van der Waals surface area contributed by atoms with Gasteiger partial charge in [0.2, 0.25) is 5.91 Å². The molecule has 0 unspecified atom stereocenters. The van der Waals surface area contributed by atoms with Crippen LogP contribution in [0.5, 0.6) is 0 Å². The van der Waals surface area contributed by atoms with Crippen LogP contribution in [0.15, 0.2) is 30.5 Å². The fraction of sp³-hybridized carbons (Fsp3) is 0.375. The van der Waals surface area contributed by atoms with E-state index in [1.165, 1.54) is 19.2 Å². The van der Waals surface area contributed by atoms with Crippen LogP contribution in [-0.4, -0.2) is 42.3 Å². The van der Waals surface area contributed by atoms with Crippen LogP contribution in [0.25, 0.3) is 11.0 Å². The Bertz CT molecular complexity index is 1180. The van der Waals surface area contributed by atoms with Gasteiger partial charge in [-0.25, -0.2) is 14.2 Å². The van der Waals surface area contributed by atoms with Crippen molar-refractivity contribution in [3.05, 3.63) is 52.6 Å². The minimum absolute atomic E-state index is 0.127. The summed E-state index contributed by atoms with van der Waals surface area (Å²) in [5.74, 6) is -1.14. The second-order valence-corrected chi connectivity index (χ2v) is 8.56. The summed E-state index contributed by atoms with van der Waals surface area (Å²) in [6.07, 6.45) is 1.85. The molecule has 3 aromatic rings. The first kappa shape index (κ1) is 25.5. The Morgan fingerprint density at radius 3 is 2.68 bits per heavy atom. The number of benzene rings is 1. The number of carbonyl (C=O) groups excluding carboxylic acids is 2. The number of esters is 1. The molecule has 1 amide bonds. The van der Waals surface area contributed by atoms with Gasteiger partial charge in [-0.1, -0.05) is 31.5 Å². The predicted molar refractivity (Wildman–Crippen MR) is 130 cm³/mol. The van der Waals surface area contributed by atoms with E-state index in [9.17, 15) is 14.0 Å². The highest BCUT2D eigenvalue weighted by Crippen LogP contribution is 2.33. The lowest BCUT2D eigenvalue weighted by atomic mass is 10.1. The van der Waals surface area contributed by atoms with Crippen LogP contribution < -0.4 is 10.6 Å². The number of carbonyl (C=O) groups is 2. The van der Waals surface area contributed by atoms with Gasteiger partial charge in [0.15, 0.2) is 5.69 Å². The minimum atomic E-state index is -0.610. The number of rotatable bonds is 10. The third-order valence-electron chi connectivity index (χ3n) is 5.19. The number of hydrogen-bond acceptors (Lipinski definition) is 6. The molecule has 2 heterocycles. The lowest BCUT2D eigenvalue weighted by Crippen LogP contribution is -2.19. The van der Waals surface area contributed by atoms with Gasteiger partial charge in [-0.3, -0.25) is 4.79 Å². The number of hydrogen-bond donors (Lipinski definition) is 2. The zero-order chi connectivity index (χ0) is 24.8. The standard InChI is InChI=1S/C24H28ClFN4O4/c1-14(2)10-20(31)29-21-16-11-15(27-13-17-18(25)6-5-7-19(17)26)12-28-23(16)30(8-9-33-3)22(21)24(32)34-4/h5-7,11-12,14,27H,8-10,13H2,1-4H3,(H,29,31). The molecule has 1 aromatic carbocycles. The van der Waals surface area contributed by atoms with Gasteiger partial charge in [-0.05, 0) is 24.1 Å². The summed E-state index contributed by atoms with van der Waals surface area (Å²) in [7, 11) is 2.83. The Hall–Kier alpha value is -3.17. The summed E-state index contributed by atoms with van der Waals surface area (Å²) >= 11 is 6.13. The number of halogens is 2. The fourth-order valence-corrected chi connectivity index (χ4v) is 3.84. The van der Waals surface area contributed by atoms with Crippen molar-refractivity contribution < 1.29 is 23.5 Å². The number of amides is 1. The lowest BCUT2D eigenvalue weighted by molar-refractivity contribution is -0.116. The molecule has 0 spiro atoms. The molecule has 0 fully saturated rings. The Morgan fingerprint density at radius 2 is 2.03 bits per heavy atom. The van der Waals surface area contributed by atoms with Gasteiger partial charge >= 0.3 is 5.97 Å². The maximum Gasteiger partial charge on any atom is 0.356 e. The number of nitrogens with one attached hydrogen (secondary N) is 2.